The molecule has 100 valence electrons. The van der Waals surface area contributed by atoms with Gasteiger partial charge in [0.05, 0.1) is 22.8 Å². The summed E-state index contributed by atoms with van der Waals surface area (Å²) in [6, 6.07) is 5.18. The molecule has 0 bridgehead atoms. The summed E-state index contributed by atoms with van der Waals surface area (Å²) < 4.78 is 1.74. The van der Waals surface area contributed by atoms with Gasteiger partial charge >= 0.3 is 0 Å². The lowest BCUT2D eigenvalue weighted by Gasteiger charge is -2.14. The predicted octanol–water partition coefficient (Wildman–Crippen LogP) is 2.35. The number of carbonyl (C=O) groups is 1. The van der Waals surface area contributed by atoms with Crippen LogP contribution < -0.4 is 11.1 Å². The van der Waals surface area contributed by atoms with Gasteiger partial charge in [-0.3, -0.25) is 9.48 Å². The van der Waals surface area contributed by atoms with E-state index in [1.807, 2.05) is 26.2 Å². The van der Waals surface area contributed by atoms with Crippen LogP contribution in [-0.2, 0) is 7.05 Å². The maximum absolute atomic E-state index is 11.2. The molecule has 2 rings (SSSR count). The van der Waals surface area contributed by atoms with E-state index in [2.05, 4.69) is 10.4 Å². The molecular formula is C13H15ClN4O. The van der Waals surface area contributed by atoms with E-state index in [9.17, 15) is 4.79 Å². The van der Waals surface area contributed by atoms with Gasteiger partial charge in [-0.05, 0) is 25.1 Å². The zero-order valence-corrected chi connectivity index (χ0v) is 11.5. The SMILES string of the molecule is CC(Nc1ccc(Cl)c(C(N)=O)c1)c1cnn(C)c1. The van der Waals surface area contributed by atoms with E-state index in [0.29, 0.717) is 10.6 Å². The van der Waals surface area contributed by atoms with Crippen molar-refractivity contribution < 1.29 is 4.79 Å². The summed E-state index contributed by atoms with van der Waals surface area (Å²) in [4.78, 5) is 11.2. The molecule has 1 unspecified atom stereocenters. The highest BCUT2D eigenvalue weighted by Gasteiger charge is 2.11. The summed E-state index contributed by atoms with van der Waals surface area (Å²) in [5, 5.41) is 7.75. The molecule has 19 heavy (non-hydrogen) atoms. The summed E-state index contributed by atoms with van der Waals surface area (Å²) in [5.41, 5.74) is 7.41. The number of anilines is 1. The van der Waals surface area contributed by atoms with Gasteiger partial charge in [-0.15, -0.1) is 0 Å². The van der Waals surface area contributed by atoms with E-state index in [1.165, 1.54) is 0 Å². The number of nitrogens with one attached hydrogen (secondary N) is 1. The van der Waals surface area contributed by atoms with Crippen molar-refractivity contribution in [3.8, 4) is 0 Å². The Kier molecular flexibility index (Phi) is 3.76. The van der Waals surface area contributed by atoms with E-state index in [-0.39, 0.29) is 6.04 Å². The molecule has 0 saturated carbocycles. The molecule has 6 heteroatoms. The van der Waals surface area contributed by atoms with Crippen molar-refractivity contribution in [3.05, 3.63) is 46.7 Å². The number of aromatic nitrogens is 2. The Morgan fingerprint density at radius 2 is 2.26 bits per heavy atom. The summed E-state index contributed by atoms with van der Waals surface area (Å²) in [6.45, 7) is 2.01. The molecule has 0 radical (unpaired) electrons. The highest BCUT2D eigenvalue weighted by molar-refractivity contribution is 6.33. The second kappa shape index (κ2) is 5.32. The van der Waals surface area contributed by atoms with Crippen LogP contribution in [-0.4, -0.2) is 15.7 Å². The number of rotatable bonds is 4. The highest BCUT2D eigenvalue weighted by Crippen LogP contribution is 2.23. The topological polar surface area (TPSA) is 72.9 Å². The van der Waals surface area contributed by atoms with Crippen LogP contribution in [0.15, 0.2) is 30.6 Å². The molecule has 0 saturated heterocycles. The van der Waals surface area contributed by atoms with Crippen LogP contribution in [0.4, 0.5) is 5.69 Å². The summed E-state index contributed by atoms with van der Waals surface area (Å²) in [5.74, 6) is -0.539. The molecular weight excluding hydrogens is 264 g/mol. The number of carbonyl (C=O) groups excluding carboxylic acids is 1. The van der Waals surface area contributed by atoms with Gasteiger partial charge < -0.3 is 11.1 Å². The fourth-order valence-electron chi connectivity index (χ4n) is 1.80. The largest absolute Gasteiger partial charge is 0.378 e. The number of primary amides is 1. The number of halogens is 1. The van der Waals surface area contributed by atoms with Crippen LogP contribution in [0.1, 0.15) is 28.9 Å². The second-order valence-electron chi connectivity index (χ2n) is 4.37. The minimum absolute atomic E-state index is 0.0654. The number of hydrogen-bond donors (Lipinski definition) is 2. The molecule has 0 aliphatic carbocycles. The first-order chi connectivity index (χ1) is 8.97. The number of hydrogen-bond acceptors (Lipinski definition) is 3. The van der Waals surface area contributed by atoms with Gasteiger partial charge in [0.15, 0.2) is 0 Å². The van der Waals surface area contributed by atoms with Crippen molar-refractivity contribution in [2.45, 2.75) is 13.0 Å². The van der Waals surface area contributed by atoms with Crippen molar-refractivity contribution in [1.29, 1.82) is 0 Å². The minimum Gasteiger partial charge on any atom is -0.378 e. The number of amides is 1. The lowest BCUT2D eigenvalue weighted by Crippen LogP contribution is -2.13. The third-order valence-corrected chi connectivity index (χ3v) is 3.17. The number of nitrogens with two attached hydrogens (primary N) is 1. The molecule has 0 aliphatic heterocycles. The van der Waals surface area contributed by atoms with E-state index in [0.717, 1.165) is 11.3 Å². The maximum Gasteiger partial charge on any atom is 0.250 e. The van der Waals surface area contributed by atoms with Crippen molar-refractivity contribution >= 4 is 23.2 Å². The number of nitrogens with zero attached hydrogens (tertiary/aromatic N) is 2. The molecule has 5 nitrogen and oxygen atoms in total. The van der Waals surface area contributed by atoms with Gasteiger partial charge in [-0.1, -0.05) is 11.6 Å². The van der Waals surface area contributed by atoms with Crippen molar-refractivity contribution in [1.82, 2.24) is 9.78 Å². The van der Waals surface area contributed by atoms with Gasteiger partial charge in [0.25, 0.3) is 0 Å². The Morgan fingerprint density at radius 1 is 1.53 bits per heavy atom. The number of benzene rings is 1. The quantitative estimate of drug-likeness (QED) is 0.902. The first kappa shape index (κ1) is 13.4. The molecule has 3 N–H and O–H groups in total. The molecule has 1 aromatic carbocycles. The summed E-state index contributed by atoms with van der Waals surface area (Å²) >= 11 is 5.91. The average molecular weight is 279 g/mol. The second-order valence-corrected chi connectivity index (χ2v) is 4.78. The highest BCUT2D eigenvalue weighted by atomic mass is 35.5. The van der Waals surface area contributed by atoms with Crippen molar-refractivity contribution in [3.63, 3.8) is 0 Å². The molecule has 2 aromatic rings. The van der Waals surface area contributed by atoms with Gasteiger partial charge in [-0.2, -0.15) is 5.10 Å². The fraction of sp³-hybridized carbons (Fsp3) is 0.231. The molecule has 1 amide bonds. The lowest BCUT2D eigenvalue weighted by atomic mass is 10.1. The monoisotopic (exact) mass is 278 g/mol. The van der Waals surface area contributed by atoms with Crippen LogP contribution in [0.25, 0.3) is 0 Å². The zero-order valence-electron chi connectivity index (χ0n) is 10.7. The van der Waals surface area contributed by atoms with E-state index < -0.39 is 5.91 Å². The van der Waals surface area contributed by atoms with Crippen LogP contribution >= 0.6 is 11.6 Å². The third-order valence-electron chi connectivity index (χ3n) is 2.84. The average Bonchev–Trinajstić information content (AvgIpc) is 2.78. The van der Waals surface area contributed by atoms with Crippen LogP contribution in [0.5, 0.6) is 0 Å². The van der Waals surface area contributed by atoms with E-state index in [4.69, 9.17) is 17.3 Å². The Morgan fingerprint density at radius 3 is 2.84 bits per heavy atom. The van der Waals surface area contributed by atoms with Gasteiger partial charge in [0.1, 0.15) is 0 Å². The minimum atomic E-state index is -0.539. The maximum atomic E-state index is 11.2. The molecule has 1 atom stereocenters. The predicted molar refractivity (Wildman–Crippen MR) is 75.2 cm³/mol. The van der Waals surface area contributed by atoms with Crippen molar-refractivity contribution in [2.24, 2.45) is 12.8 Å². The summed E-state index contributed by atoms with van der Waals surface area (Å²) in [6.07, 6.45) is 3.73. The van der Waals surface area contributed by atoms with Gasteiger partial charge in [0, 0.05) is 24.5 Å². The molecule has 0 spiro atoms. The van der Waals surface area contributed by atoms with Crippen LogP contribution in [0, 0.1) is 0 Å². The fourth-order valence-corrected chi connectivity index (χ4v) is 2.01. The lowest BCUT2D eigenvalue weighted by molar-refractivity contribution is 0.100. The number of aryl methyl sites for hydroxylation is 1. The molecule has 1 aromatic heterocycles. The molecule has 0 fully saturated rings. The van der Waals surface area contributed by atoms with E-state index >= 15 is 0 Å². The van der Waals surface area contributed by atoms with Crippen LogP contribution in [0.2, 0.25) is 5.02 Å². The molecule has 1 heterocycles. The Hall–Kier alpha value is -2.01. The van der Waals surface area contributed by atoms with E-state index in [1.54, 1.807) is 23.0 Å². The normalized spacial score (nSPS) is 12.2. The third kappa shape index (κ3) is 3.06. The first-order valence-corrected chi connectivity index (χ1v) is 6.19. The first-order valence-electron chi connectivity index (χ1n) is 5.82. The van der Waals surface area contributed by atoms with Crippen molar-refractivity contribution in [2.75, 3.05) is 5.32 Å². The Bertz CT molecular complexity index is 608. The Balaban J connectivity index is 2.19. The molecule has 0 aliphatic rings. The Labute approximate surface area is 116 Å². The smallest absolute Gasteiger partial charge is 0.250 e. The zero-order chi connectivity index (χ0) is 14.0. The van der Waals surface area contributed by atoms with Crippen LogP contribution in [0.3, 0.4) is 0 Å². The summed E-state index contributed by atoms with van der Waals surface area (Å²) in [7, 11) is 1.86. The van der Waals surface area contributed by atoms with Gasteiger partial charge in [0.2, 0.25) is 5.91 Å². The van der Waals surface area contributed by atoms with Gasteiger partial charge in [-0.25, -0.2) is 0 Å². The standard InChI is InChI=1S/C13H15ClN4O/c1-8(9-6-16-18(2)7-9)17-10-3-4-12(14)11(5-10)13(15)19/h3-8,17H,1-2H3,(H2,15,19).